The number of hydrogen-bond donors (Lipinski definition) is 4. The number of rotatable bonds is 12. The Labute approximate surface area is 316 Å². The number of carbonyl (C=O) groups excluding carboxylic acids is 2. The number of ether oxygens (including phenoxy) is 3. The SMILES string of the molecule is CCOC(=O)CNC(=O)NCc1cccc(-c2ccc(C3OC(CN4CCC(O)(c5ccc(Cl)cc5)CC4)C(C)C(c4ccc(CO)cc4)O3)cc2)c1. The monoisotopic (exact) mass is 741 g/mol. The molecule has 280 valence electrons. The Morgan fingerprint density at radius 2 is 1.58 bits per heavy atom. The number of likely N-dealkylation sites (tertiary alicyclic amines) is 1. The van der Waals surface area contributed by atoms with Gasteiger partial charge in [-0.3, -0.25) is 4.79 Å². The van der Waals surface area contributed by atoms with Gasteiger partial charge >= 0.3 is 12.0 Å². The van der Waals surface area contributed by atoms with Gasteiger partial charge in [-0.2, -0.15) is 0 Å². The van der Waals surface area contributed by atoms with Crippen LogP contribution in [-0.2, 0) is 37.8 Å². The quantitative estimate of drug-likeness (QED) is 0.119. The number of piperidine rings is 1. The lowest BCUT2D eigenvalue weighted by Crippen LogP contribution is -2.49. The van der Waals surface area contributed by atoms with Crippen LogP contribution in [0.25, 0.3) is 11.1 Å². The van der Waals surface area contributed by atoms with Crippen LogP contribution in [0.5, 0.6) is 0 Å². The van der Waals surface area contributed by atoms with Crippen molar-refractivity contribution >= 4 is 23.6 Å². The van der Waals surface area contributed by atoms with Crippen molar-refractivity contribution in [1.82, 2.24) is 15.5 Å². The van der Waals surface area contributed by atoms with E-state index in [4.69, 9.17) is 25.8 Å². The largest absolute Gasteiger partial charge is 0.465 e. The number of urea groups is 1. The highest BCUT2D eigenvalue weighted by Crippen LogP contribution is 2.43. The van der Waals surface area contributed by atoms with Crippen LogP contribution in [0, 0.1) is 5.92 Å². The smallest absolute Gasteiger partial charge is 0.325 e. The van der Waals surface area contributed by atoms with Crippen molar-refractivity contribution < 1.29 is 34.0 Å². The lowest BCUT2D eigenvalue weighted by Gasteiger charge is -2.45. The zero-order valence-corrected chi connectivity index (χ0v) is 30.9. The molecule has 0 saturated carbocycles. The zero-order chi connectivity index (χ0) is 37.4. The first-order valence-corrected chi connectivity index (χ1v) is 18.6. The Balaban J connectivity index is 1.13. The Hall–Kier alpha value is -4.29. The minimum atomic E-state index is -0.888. The first-order chi connectivity index (χ1) is 25.6. The van der Waals surface area contributed by atoms with Gasteiger partial charge in [0.2, 0.25) is 0 Å². The first-order valence-electron chi connectivity index (χ1n) is 18.2. The van der Waals surface area contributed by atoms with Crippen molar-refractivity contribution in [3.63, 3.8) is 0 Å². The molecule has 2 aliphatic rings. The van der Waals surface area contributed by atoms with Gasteiger partial charge in [0.15, 0.2) is 6.29 Å². The van der Waals surface area contributed by atoms with E-state index in [0.717, 1.165) is 52.0 Å². The summed E-state index contributed by atoms with van der Waals surface area (Å²) in [5, 5.41) is 27.1. The van der Waals surface area contributed by atoms with Gasteiger partial charge in [-0.25, -0.2) is 4.79 Å². The van der Waals surface area contributed by atoms with E-state index >= 15 is 0 Å². The van der Waals surface area contributed by atoms with Gasteiger partial charge in [0.05, 0.1) is 31.0 Å². The minimum absolute atomic E-state index is 0.0225. The number of nitrogens with one attached hydrogen (secondary N) is 2. The first kappa shape index (κ1) is 38.4. The minimum Gasteiger partial charge on any atom is -0.465 e. The van der Waals surface area contributed by atoms with Crippen LogP contribution >= 0.6 is 11.6 Å². The van der Waals surface area contributed by atoms with Crippen LogP contribution in [-0.4, -0.2) is 66.0 Å². The van der Waals surface area contributed by atoms with E-state index in [0.29, 0.717) is 31.0 Å². The summed E-state index contributed by atoms with van der Waals surface area (Å²) in [7, 11) is 0. The summed E-state index contributed by atoms with van der Waals surface area (Å²) in [6, 6.07) is 31.0. The van der Waals surface area contributed by atoms with Crippen LogP contribution < -0.4 is 10.6 Å². The molecule has 2 amide bonds. The highest BCUT2D eigenvalue weighted by atomic mass is 35.5. The number of benzene rings is 4. The van der Waals surface area contributed by atoms with Crippen LogP contribution in [0.1, 0.15) is 66.9 Å². The highest BCUT2D eigenvalue weighted by Gasteiger charge is 2.41. The molecule has 4 aromatic rings. The fourth-order valence-corrected chi connectivity index (χ4v) is 7.17. The van der Waals surface area contributed by atoms with E-state index in [1.165, 1.54) is 0 Å². The molecule has 2 aliphatic heterocycles. The van der Waals surface area contributed by atoms with E-state index in [1.807, 2.05) is 97.1 Å². The summed E-state index contributed by atoms with van der Waals surface area (Å²) in [5.41, 5.74) is 5.68. The molecule has 0 radical (unpaired) electrons. The van der Waals surface area contributed by atoms with Crippen molar-refractivity contribution in [2.45, 2.75) is 63.9 Å². The third-order valence-electron chi connectivity index (χ3n) is 10.2. The maximum Gasteiger partial charge on any atom is 0.325 e. The number of hydrogen-bond acceptors (Lipinski definition) is 8. The third kappa shape index (κ3) is 9.83. The number of esters is 1. The predicted molar refractivity (Wildman–Crippen MR) is 203 cm³/mol. The molecule has 4 atom stereocenters. The molecule has 53 heavy (non-hydrogen) atoms. The number of nitrogens with zero attached hydrogens (tertiary/aromatic N) is 1. The van der Waals surface area contributed by atoms with Gasteiger partial charge in [-0.05, 0) is 71.3 Å². The number of carbonyl (C=O) groups is 2. The predicted octanol–water partition coefficient (Wildman–Crippen LogP) is 6.64. The zero-order valence-electron chi connectivity index (χ0n) is 30.2. The van der Waals surface area contributed by atoms with Crippen LogP contribution in [0.15, 0.2) is 97.1 Å². The molecule has 10 nitrogen and oxygen atoms in total. The number of aliphatic hydroxyl groups is 2. The van der Waals surface area contributed by atoms with E-state index in [-0.39, 0.29) is 37.9 Å². The van der Waals surface area contributed by atoms with Crippen molar-refractivity contribution in [1.29, 1.82) is 0 Å². The van der Waals surface area contributed by atoms with Gasteiger partial charge in [0.1, 0.15) is 6.54 Å². The number of aliphatic hydroxyl groups excluding tert-OH is 1. The van der Waals surface area contributed by atoms with Gasteiger partial charge in [0.25, 0.3) is 0 Å². The van der Waals surface area contributed by atoms with Crippen LogP contribution in [0.4, 0.5) is 4.79 Å². The lowest BCUT2D eigenvalue weighted by atomic mass is 9.84. The van der Waals surface area contributed by atoms with Crippen molar-refractivity contribution in [2.24, 2.45) is 5.92 Å². The van der Waals surface area contributed by atoms with Crippen molar-refractivity contribution in [3.8, 4) is 11.1 Å². The molecule has 11 heteroatoms. The van der Waals surface area contributed by atoms with E-state index in [1.54, 1.807) is 6.92 Å². The highest BCUT2D eigenvalue weighted by molar-refractivity contribution is 6.30. The second-order valence-electron chi connectivity index (χ2n) is 13.8. The molecule has 2 heterocycles. The molecular weight excluding hydrogens is 694 g/mol. The molecule has 4 aromatic carbocycles. The summed E-state index contributed by atoms with van der Waals surface area (Å²) in [4.78, 5) is 26.1. The normalized spacial score (nSPS) is 21.5. The molecule has 2 fully saturated rings. The van der Waals surface area contributed by atoms with E-state index in [2.05, 4.69) is 22.5 Å². The fourth-order valence-electron chi connectivity index (χ4n) is 7.04. The molecule has 0 aliphatic carbocycles. The average molecular weight is 742 g/mol. The standard InChI is InChI=1S/C42H48ClN3O7/c1-3-51-38(48)25-45-41(49)44-24-30-5-4-6-34(23-30)31-11-13-33(14-12-31)40-52-37(28(2)39(53-40)32-9-7-29(27-47)8-10-32)26-46-21-19-42(50,20-22-46)35-15-17-36(43)18-16-35/h4-18,23,28,37,39-40,47,50H,3,19-22,24-27H2,1-2H3,(H2,44,45,49). The second kappa shape index (κ2) is 17.7. The molecule has 2 saturated heterocycles. The summed E-state index contributed by atoms with van der Waals surface area (Å²) >= 11 is 6.10. The second-order valence-corrected chi connectivity index (χ2v) is 14.3. The summed E-state index contributed by atoms with van der Waals surface area (Å²) in [6.07, 6.45) is 0.246. The summed E-state index contributed by atoms with van der Waals surface area (Å²) in [5.74, 6) is -0.452. The molecule has 0 bridgehead atoms. The Morgan fingerprint density at radius 3 is 2.26 bits per heavy atom. The Morgan fingerprint density at radius 1 is 0.887 bits per heavy atom. The van der Waals surface area contributed by atoms with Gasteiger partial charge in [-0.15, -0.1) is 0 Å². The van der Waals surface area contributed by atoms with Gasteiger partial charge < -0.3 is 40.0 Å². The van der Waals surface area contributed by atoms with Gasteiger partial charge in [-0.1, -0.05) is 97.4 Å². The average Bonchev–Trinajstić information content (AvgIpc) is 3.18. The molecular formula is C42H48ClN3O7. The summed E-state index contributed by atoms with van der Waals surface area (Å²) < 4.78 is 18.3. The Kier molecular flexibility index (Phi) is 12.8. The van der Waals surface area contributed by atoms with Crippen LogP contribution in [0.3, 0.4) is 0 Å². The maximum absolute atomic E-state index is 12.2. The molecule has 4 N–H and O–H groups in total. The Bertz CT molecular complexity index is 1810. The number of halogens is 1. The van der Waals surface area contributed by atoms with Crippen LogP contribution in [0.2, 0.25) is 5.02 Å². The summed E-state index contributed by atoms with van der Waals surface area (Å²) in [6.45, 7) is 6.37. The third-order valence-corrected chi connectivity index (χ3v) is 10.5. The van der Waals surface area contributed by atoms with Crippen molar-refractivity contribution in [3.05, 3.63) is 130 Å². The molecule has 4 unspecified atom stereocenters. The topological polar surface area (TPSA) is 130 Å². The lowest BCUT2D eigenvalue weighted by molar-refractivity contribution is -0.277. The number of amides is 2. The van der Waals surface area contributed by atoms with E-state index in [9.17, 15) is 19.8 Å². The van der Waals surface area contributed by atoms with Gasteiger partial charge in [0, 0.05) is 42.7 Å². The molecule has 0 spiro atoms. The van der Waals surface area contributed by atoms with Crippen molar-refractivity contribution in [2.75, 3.05) is 32.8 Å². The maximum atomic E-state index is 12.2. The molecule has 0 aromatic heterocycles. The fraction of sp³-hybridized carbons (Fsp3) is 0.381. The molecule has 6 rings (SSSR count). The van der Waals surface area contributed by atoms with E-state index < -0.39 is 23.9 Å².